The maximum Gasteiger partial charge on any atom is 0.321 e. The lowest BCUT2D eigenvalue weighted by Crippen LogP contribution is -2.42. The molecule has 0 amide bonds. The molecule has 0 fully saturated rings. The van der Waals surface area contributed by atoms with Gasteiger partial charge in [0.2, 0.25) is 5.89 Å². The van der Waals surface area contributed by atoms with E-state index in [9.17, 15) is 9.90 Å². The number of carboxylic acid groups (broad SMARTS) is 1. The van der Waals surface area contributed by atoms with Crippen molar-refractivity contribution in [2.24, 2.45) is 0 Å². The van der Waals surface area contributed by atoms with Crippen molar-refractivity contribution in [3.63, 3.8) is 0 Å². The number of aromatic nitrogens is 1. The lowest BCUT2D eigenvalue weighted by molar-refractivity contribution is -0.143. The van der Waals surface area contributed by atoms with Crippen LogP contribution in [-0.2, 0) is 30.7 Å². The molecule has 0 bridgehead atoms. The van der Waals surface area contributed by atoms with Crippen LogP contribution in [0.25, 0.3) is 11.5 Å². The highest BCUT2D eigenvalue weighted by Crippen LogP contribution is 2.23. The second-order valence-electron chi connectivity index (χ2n) is 10.1. The van der Waals surface area contributed by atoms with Gasteiger partial charge in [-0.3, -0.25) is 9.69 Å². The first kappa shape index (κ1) is 27.9. The maximum absolute atomic E-state index is 12.5. The van der Waals surface area contributed by atoms with Crippen molar-refractivity contribution in [2.75, 3.05) is 6.61 Å². The van der Waals surface area contributed by atoms with Crippen molar-refractivity contribution in [3.8, 4) is 17.2 Å². The molecule has 208 valence electrons. The zero-order valence-corrected chi connectivity index (χ0v) is 23.1. The quantitative estimate of drug-likeness (QED) is 0.172. The molecule has 0 aliphatic rings. The first-order chi connectivity index (χ1) is 20.0. The summed E-state index contributed by atoms with van der Waals surface area (Å²) >= 11 is 0. The predicted molar refractivity (Wildman–Crippen MR) is 160 cm³/mol. The maximum atomic E-state index is 12.5. The van der Waals surface area contributed by atoms with Gasteiger partial charge in [-0.25, -0.2) is 4.98 Å². The lowest BCUT2D eigenvalue weighted by Gasteiger charge is -2.29. The van der Waals surface area contributed by atoms with Crippen LogP contribution in [0.4, 0.5) is 0 Å². The van der Waals surface area contributed by atoms with Crippen molar-refractivity contribution >= 4 is 5.97 Å². The Morgan fingerprint density at radius 1 is 0.805 bits per heavy atom. The van der Waals surface area contributed by atoms with E-state index in [2.05, 4.69) is 4.98 Å². The summed E-state index contributed by atoms with van der Waals surface area (Å²) in [5.41, 5.74) is 4.93. The molecule has 0 saturated heterocycles. The van der Waals surface area contributed by atoms with E-state index >= 15 is 0 Å². The molecule has 1 heterocycles. The monoisotopic (exact) mass is 546 g/mol. The van der Waals surface area contributed by atoms with Gasteiger partial charge in [-0.15, -0.1) is 0 Å². The number of hydrogen-bond donors (Lipinski definition) is 1. The van der Waals surface area contributed by atoms with Gasteiger partial charge in [0.1, 0.15) is 17.6 Å². The molecule has 5 aromatic rings. The first-order valence-electron chi connectivity index (χ1n) is 13.8. The van der Waals surface area contributed by atoms with Crippen LogP contribution in [-0.4, -0.2) is 33.6 Å². The smallest absolute Gasteiger partial charge is 0.321 e. The van der Waals surface area contributed by atoms with Crippen molar-refractivity contribution in [3.05, 3.63) is 143 Å². The van der Waals surface area contributed by atoms with Gasteiger partial charge in [-0.1, -0.05) is 91.0 Å². The van der Waals surface area contributed by atoms with Gasteiger partial charge in [0.25, 0.3) is 0 Å². The van der Waals surface area contributed by atoms with Crippen molar-refractivity contribution < 1.29 is 19.1 Å². The van der Waals surface area contributed by atoms with Crippen LogP contribution >= 0.6 is 0 Å². The van der Waals surface area contributed by atoms with E-state index in [1.54, 1.807) is 0 Å². The van der Waals surface area contributed by atoms with Gasteiger partial charge in [0.15, 0.2) is 0 Å². The van der Waals surface area contributed by atoms with Crippen molar-refractivity contribution in [2.45, 2.75) is 38.9 Å². The topological polar surface area (TPSA) is 75.8 Å². The molecular formula is C35H34N2O4. The number of nitrogens with zero attached hydrogens (tertiary/aromatic N) is 2. The van der Waals surface area contributed by atoms with Crippen LogP contribution in [0.5, 0.6) is 5.75 Å². The third kappa shape index (κ3) is 7.71. The van der Waals surface area contributed by atoms with E-state index in [1.165, 1.54) is 0 Å². The molecular weight excluding hydrogens is 512 g/mol. The van der Waals surface area contributed by atoms with Gasteiger partial charge >= 0.3 is 5.97 Å². The highest BCUT2D eigenvalue weighted by Gasteiger charge is 2.26. The average Bonchev–Trinajstić information content (AvgIpc) is 3.38. The molecule has 0 aliphatic carbocycles. The summed E-state index contributed by atoms with van der Waals surface area (Å²) in [6, 6.07) is 36.9. The zero-order chi connectivity index (χ0) is 28.4. The molecule has 6 heteroatoms. The lowest BCUT2D eigenvalue weighted by atomic mass is 10.0. The number of benzene rings is 4. The van der Waals surface area contributed by atoms with Crippen molar-refractivity contribution in [1.29, 1.82) is 0 Å². The average molecular weight is 547 g/mol. The SMILES string of the molecule is Cc1oc(-c2ccccc2)nc1CCOc1ccc(C[C@@H](C(=O)O)N(Cc2ccccc2)Cc2ccccc2)cc1. The normalized spacial score (nSPS) is 11.9. The number of aryl methyl sites for hydroxylation is 1. The Kier molecular flexibility index (Phi) is 9.24. The molecule has 1 N–H and O–H groups in total. The Morgan fingerprint density at radius 3 is 1.93 bits per heavy atom. The van der Waals surface area contributed by atoms with Crippen LogP contribution in [0, 0.1) is 6.92 Å². The van der Waals surface area contributed by atoms with Gasteiger partial charge < -0.3 is 14.3 Å². The minimum atomic E-state index is -0.838. The van der Waals surface area contributed by atoms with E-state index < -0.39 is 12.0 Å². The van der Waals surface area contributed by atoms with E-state index in [-0.39, 0.29) is 0 Å². The minimum absolute atomic E-state index is 0.385. The summed E-state index contributed by atoms with van der Waals surface area (Å²) in [4.78, 5) is 19.2. The number of rotatable bonds is 13. The first-order valence-corrected chi connectivity index (χ1v) is 13.8. The third-order valence-corrected chi connectivity index (χ3v) is 7.06. The van der Waals surface area contributed by atoms with Gasteiger partial charge in [0, 0.05) is 25.1 Å². The van der Waals surface area contributed by atoms with Crippen LogP contribution < -0.4 is 4.74 Å². The Morgan fingerprint density at radius 2 is 1.37 bits per heavy atom. The molecule has 0 saturated carbocycles. The number of aliphatic carboxylic acids is 1. The molecule has 0 spiro atoms. The van der Waals surface area contributed by atoms with Crippen molar-refractivity contribution in [1.82, 2.24) is 9.88 Å². The fourth-order valence-electron chi connectivity index (χ4n) is 4.86. The number of carboxylic acids is 1. The summed E-state index contributed by atoms with van der Waals surface area (Å²) in [5.74, 6) is 1.30. The Labute approximate surface area is 240 Å². The number of carbonyl (C=O) groups is 1. The van der Waals surface area contributed by atoms with Gasteiger partial charge in [-0.05, 0) is 54.3 Å². The molecule has 1 aromatic heterocycles. The molecule has 0 unspecified atom stereocenters. The highest BCUT2D eigenvalue weighted by molar-refractivity contribution is 5.74. The van der Waals surface area contributed by atoms with E-state index in [0.29, 0.717) is 38.4 Å². The van der Waals surface area contributed by atoms with Crippen LogP contribution in [0.2, 0.25) is 0 Å². The zero-order valence-electron chi connectivity index (χ0n) is 23.1. The Balaban J connectivity index is 1.22. The summed E-state index contributed by atoms with van der Waals surface area (Å²) in [6.45, 7) is 3.46. The Hall–Kier alpha value is -4.68. The van der Waals surface area contributed by atoms with E-state index in [0.717, 1.165) is 39.5 Å². The summed E-state index contributed by atoms with van der Waals surface area (Å²) in [6.07, 6.45) is 1.01. The molecule has 41 heavy (non-hydrogen) atoms. The van der Waals surface area contributed by atoms with Crippen LogP contribution in [0.1, 0.15) is 28.1 Å². The molecule has 4 aromatic carbocycles. The largest absolute Gasteiger partial charge is 0.493 e. The summed E-state index contributed by atoms with van der Waals surface area (Å²) < 4.78 is 11.8. The van der Waals surface area contributed by atoms with Crippen LogP contribution in [0.15, 0.2) is 120 Å². The third-order valence-electron chi connectivity index (χ3n) is 7.06. The fraction of sp³-hybridized carbons (Fsp3) is 0.200. The highest BCUT2D eigenvalue weighted by atomic mass is 16.5. The molecule has 1 atom stereocenters. The second-order valence-corrected chi connectivity index (χ2v) is 10.1. The molecule has 5 rings (SSSR count). The molecule has 0 aliphatic heterocycles. The van der Waals surface area contributed by atoms with Gasteiger partial charge in [0.05, 0.1) is 12.3 Å². The molecule has 0 radical (unpaired) electrons. The summed E-state index contributed by atoms with van der Waals surface area (Å²) in [5, 5.41) is 10.3. The standard InChI is InChI=1S/C35H34N2O4/c1-26-32(36-34(41-26)30-15-9-4-10-16-30)21-22-40-31-19-17-27(18-20-31)23-33(35(38)39)37(24-28-11-5-2-6-12-28)25-29-13-7-3-8-14-29/h2-20,33H,21-25H2,1H3,(H,38,39)/t33-/m0/s1. The van der Waals surface area contributed by atoms with Gasteiger partial charge in [-0.2, -0.15) is 0 Å². The fourth-order valence-corrected chi connectivity index (χ4v) is 4.86. The predicted octanol–water partition coefficient (Wildman–Crippen LogP) is 6.97. The van der Waals surface area contributed by atoms with E-state index in [1.807, 2.05) is 127 Å². The molecule has 6 nitrogen and oxygen atoms in total. The number of hydrogen-bond acceptors (Lipinski definition) is 5. The second kappa shape index (κ2) is 13.6. The minimum Gasteiger partial charge on any atom is -0.493 e. The Bertz CT molecular complexity index is 1480. The number of ether oxygens (including phenoxy) is 1. The summed E-state index contributed by atoms with van der Waals surface area (Å²) in [7, 11) is 0. The van der Waals surface area contributed by atoms with Crippen LogP contribution in [0.3, 0.4) is 0 Å². The number of oxazole rings is 1. The van der Waals surface area contributed by atoms with E-state index in [4.69, 9.17) is 9.15 Å².